The molecule has 1 N–H and O–H groups in total. The van der Waals surface area contributed by atoms with E-state index in [0.717, 1.165) is 19.5 Å². The van der Waals surface area contributed by atoms with Crippen molar-refractivity contribution in [3.8, 4) is 0 Å². The van der Waals surface area contributed by atoms with E-state index in [4.69, 9.17) is 0 Å². The molecule has 114 valence electrons. The van der Waals surface area contributed by atoms with Gasteiger partial charge in [0.05, 0.1) is 0 Å². The summed E-state index contributed by atoms with van der Waals surface area (Å²) in [5.41, 5.74) is 1.38. The standard InChI is InChI=1S/C17H21Br2NS/c1-12(2)10-20-11-13(9-17-16(19)7-8-21-17)14-5-3-4-6-15(14)18/h3-8,12-13,20H,9-11H2,1-2H3. The number of hydrogen-bond donors (Lipinski definition) is 1. The molecule has 0 amide bonds. The van der Waals surface area contributed by atoms with Crippen LogP contribution in [-0.4, -0.2) is 13.1 Å². The molecule has 1 atom stereocenters. The molecule has 0 radical (unpaired) electrons. The summed E-state index contributed by atoms with van der Waals surface area (Å²) < 4.78 is 2.43. The van der Waals surface area contributed by atoms with E-state index >= 15 is 0 Å². The van der Waals surface area contributed by atoms with Gasteiger partial charge in [0, 0.05) is 26.3 Å². The van der Waals surface area contributed by atoms with Crippen molar-refractivity contribution in [1.82, 2.24) is 5.32 Å². The Morgan fingerprint density at radius 1 is 1.05 bits per heavy atom. The smallest absolute Gasteiger partial charge is 0.0314 e. The lowest BCUT2D eigenvalue weighted by molar-refractivity contribution is 0.514. The molecule has 0 aliphatic carbocycles. The summed E-state index contributed by atoms with van der Waals surface area (Å²) >= 11 is 9.19. The summed E-state index contributed by atoms with van der Waals surface area (Å²) in [4.78, 5) is 1.42. The minimum absolute atomic E-state index is 0.481. The first-order valence-corrected chi connectivity index (χ1v) is 9.71. The van der Waals surface area contributed by atoms with Crippen LogP contribution in [0.2, 0.25) is 0 Å². The largest absolute Gasteiger partial charge is 0.316 e. The molecule has 1 unspecified atom stereocenters. The number of thiophene rings is 1. The van der Waals surface area contributed by atoms with Gasteiger partial charge in [-0.3, -0.25) is 0 Å². The van der Waals surface area contributed by atoms with Crippen LogP contribution in [0.25, 0.3) is 0 Å². The minimum atomic E-state index is 0.481. The lowest BCUT2D eigenvalue weighted by Gasteiger charge is -2.20. The van der Waals surface area contributed by atoms with E-state index in [2.05, 4.69) is 86.7 Å². The first-order chi connectivity index (χ1) is 10.1. The third-order valence-electron chi connectivity index (χ3n) is 3.41. The second-order valence-electron chi connectivity index (χ2n) is 5.67. The Kier molecular flexibility index (Phi) is 6.93. The molecule has 0 saturated carbocycles. The highest BCUT2D eigenvalue weighted by Gasteiger charge is 2.17. The van der Waals surface area contributed by atoms with Crippen LogP contribution in [0.3, 0.4) is 0 Å². The Bertz CT molecular complexity index is 565. The van der Waals surface area contributed by atoms with E-state index in [-0.39, 0.29) is 0 Å². The lowest BCUT2D eigenvalue weighted by Crippen LogP contribution is -2.26. The second-order valence-corrected chi connectivity index (χ2v) is 8.38. The zero-order valence-corrected chi connectivity index (χ0v) is 16.4. The number of hydrogen-bond acceptors (Lipinski definition) is 2. The van der Waals surface area contributed by atoms with E-state index in [1.54, 1.807) is 0 Å². The Hall–Kier alpha value is -0.160. The van der Waals surface area contributed by atoms with Crippen molar-refractivity contribution in [3.05, 3.63) is 55.1 Å². The molecule has 0 saturated heterocycles. The van der Waals surface area contributed by atoms with Crippen molar-refractivity contribution in [1.29, 1.82) is 0 Å². The van der Waals surface area contributed by atoms with Gasteiger partial charge in [-0.2, -0.15) is 0 Å². The zero-order valence-electron chi connectivity index (χ0n) is 12.4. The maximum absolute atomic E-state index is 3.70. The monoisotopic (exact) mass is 429 g/mol. The van der Waals surface area contributed by atoms with E-state index in [9.17, 15) is 0 Å². The average molecular weight is 431 g/mol. The zero-order chi connectivity index (χ0) is 15.2. The fraction of sp³-hybridized carbons (Fsp3) is 0.412. The van der Waals surface area contributed by atoms with Crippen molar-refractivity contribution in [3.63, 3.8) is 0 Å². The van der Waals surface area contributed by atoms with Crippen molar-refractivity contribution >= 4 is 43.2 Å². The first kappa shape index (κ1) is 17.2. The highest BCUT2D eigenvalue weighted by molar-refractivity contribution is 9.10. The third-order valence-corrected chi connectivity index (χ3v) is 6.08. The van der Waals surface area contributed by atoms with Crippen LogP contribution in [0.5, 0.6) is 0 Å². The molecule has 0 aliphatic heterocycles. The highest BCUT2D eigenvalue weighted by Crippen LogP contribution is 2.32. The number of halogens is 2. The fourth-order valence-corrected chi connectivity index (χ4v) is 4.54. The number of nitrogens with one attached hydrogen (secondary N) is 1. The lowest BCUT2D eigenvalue weighted by atomic mass is 9.94. The molecular formula is C17H21Br2NS. The molecule has 4 heteroatoms. The van der Waals surface area contributed by atoms with Gasteiger partial charge in [-0.1, -0.05) is 48.0 Å². The van der Waals surface area contributed by atoms with E-state index < -0.39 is 0 Å². The van der Waals surface area contributed by atoms with Crippen molar-refractivity contribution < 1.29 is 0 Å². The van der Waals surface area contributed by atoms with Gasteiger partial charge in [0.2, 0.25) is 0 Å². The van der Waals surface area contributed by atoms with Crippen molar-refractivity contribution in [2.45, 2.75) is 26.2 Å². The normalized spacial score (nSPS) is 12.8. The fourth-order valence-electron chi connectivity index (χ4n) is 2.34. The van der Waals surface area contributed by atoms with Crippen LogP contribution in [0, 0.1) is 5.92 Å². The van der Waals surface area contributed by atoms with Crippen LogP contribution in [0.4, 0.5) is 0 Å². The van der Waals surface area contributed by atoms with E-state index in [0.29, 0.717) is 11.8 Å². The third kappa shape index (κ3) is 5.20. The topological polar surface area (TPSA) is 12.0 Å². The molecule has 0 aliphatic rings. The average Bonchev–Trinajstić information content (AvgIpc) is 2.83. The summed E-state index contributed by atoms with van der Waals surface area (Å²) in [6.07, 6.45) is 1.06. The SMILES string of the molecule is CC(C)CNCC(Cc1sccc1Br)c1ccccc1Br. The summed E-state index contributed by atoms with van der Waals surface area (Å²) in [7, 11) is 0. The molecule has 2 rings (SSSR count). The van der Waals surface area contributed by atoms with Gasteiger partial charge in [0.1, 0.15) is 0 Å². The molecule has 0 fully saturated rings. The van der Waals surface area contributed by atoms with Gasteiger partial charge in [-0.05, 0) is 57.9 Å². The minimum Gasteiger partial charge on any atom is -0.316 e. The molecule has 0 bridgehead atoms. The molecule has 1 aromatic carbocycles. The van der Waals surface area contributed by atoms with Crippen LogP contribution >= 0.6 is 43.2 Å². The molecule has 1 nitrogen and oxygen atoms in total. The van der Waals surface area contributed by atoms with Crippen LogP contribution in [-0.2, 0) is 6.42 Å². The Morgan fingerprint density at radius 2 is 1.81 bits per heavy atom. The Morgan fingerprint density at radius 3 is 2.43 bits per heavy atom. The number of rotatable bonds is 7. The second kappa shape index (κ2) is 8.47. The van der Waals surface area contributed by atoms with Gasteiger partial charge in [0.25, 0.3) is 0 Å². The van der Waals surface area contributed by atoms with Crippen LogP contribution in [0.1, 0.15) is 30.2 Å². The van der Waals surface area contributed by atoms with E-state index in [1.165, 1.54) is 19.4 Å². The van der Waals surface area contributed by atoms with Gasteiger partial charge in [-0.15, -0.1) is 11.3 Å². The summed E-state index contributed by atoms with van der Waals surface area (Å²) in [6, 6.07) is 10.7. The molecular weight excluding hydrogens is 410 g/mol. The maximum atomic E-state index is 3.70. The summed E-state index contributed by atoms with van der Waals surface area (Å²) in [5, 5.41) is 5.76. The van der Waals surface area contributed by atoms with Gasteiger partial charge >= 0.3 is 0 Å². The molecule has 0 spiro atoms. The molecule has 1 heterocycles. The van der Waals surface area contributed by atoms with Gasteiger partial charge < -0.3 is 5.32 Å². The Labute approximate surface area is 148 Å². The molecule has 21 heavy (non-hydrogen) atoms. The predicted octanol–water partition coefficient (Wildman–Crippen LogP) is 5.85. The summed E-state index contributed by atoms with van der Waals surface area (Å²) in [5.74, 6) is 1.16. The van der Waals surface area contributed by atoms with Crippen molar-refractivity contribution in [2.75, 3.05) is 13.1 Å². The quantitative estimate of drug-likeness (QED) is 0.581. The van der Waals surface area contributed by atoms with Gasteiger partial charge in [0.15, 0.2) is 0 Å². The summed E-state index contributed by atoms with van der Waals surface area (Å²) in [6.45, 7) is 6.56. The van der Waals surface area contributed by atoms with Crippen LogP contribution < -0.4 is 5.32 Å². The first-order valence-electron chi connectivity index (χ1n) is 7.25. The maximum Gasteiger partial charge on any atom is 0.0314 e. The molecule has 1 aromatic heterocycles. The number of benzene rings is 1. The van der Waals surface area contributed by atoms with E-state index in [1.807, 2.05) is 11.3 Å². The Balaban J connectivity index is 2.14. The highest BCUT2D eigenvalue weighted by atomic mass is 79.9. The van der Waals surface area contributed by atoms with Crippen molar-refractivity contribution in [2.24, 2.45) is 5.92 Å². The van der Waals surface area contributed by atoms with Crippen LogP contribution in [0.15, 0.2) is 44.7 Å². The molecule has 2 aromatic rings. The predicted molar refractivity (Wildman–Crippen MR) is 100 cm³/mol. The van der Waals surface area contributed by atoms with Gasteiger partial charge in [-0.25, -0.2) is 0 Å².